The standard InChI is InChI=1S/C8H16O2.K.Na.2H/c1-2-3-4-5-6-7-8(9)10;;;;/h2-7H2,1H3,(H,9,10);;;;. The molecule has 2 nitrogen and oxygen atoms in total. The fourth-order valence-electron chi connectivity index (χ4n) is 0.880. The summed E-state index contributed by atoms with van der Waals surface area (Å²) in [5.74, 6) is -0.670. The van der Waals surface area contributed by atoms with Gasteiger partial charge in [-0.15, -0.1) is 0 Å². The van der Waals surface area contributed by atoms with Gasteiger partial charge in [0.2, 0.25) is 0 Å². The van der Waals surface area contributed by atoms with Gasteiger partial charge in [0, 0.05) is 6.42 Å². The van der Waals surface area contributed by atoms with Crippen LogP contribution in [0.5, 0.6) is 0 Å². The van der Waals surface area contributed by atoms with E-state index >= 15 is 0 Å². The van der Waals surface area contributed by atoms with Gasteiger partial charge in [0.15, 0.2) is 0 Å². The zero-order valence-electron chi connectivity index (χ0n) is 6.60. The molecule has 1 N–H and O–H groups in total. The van der Waals surface area contributed by atoms with Crippen LogP contribution in [0.1, 0.15) is 45.4 Å². The van der Waals surface area contributed by atoms with Crippen LogP contribution in [-0.2, 0) is 4.79 Å². The van der Waals surface area contributed by atoms with E-state index in [4.69, 9.17) is 5.11 Å². The van der Waals surface area contributed by atoms with Crippen LogP contribution in [0.4, 0.5) is 0 Å². The van der Waals surface area contributed by atoms with Crippen LogP contribution < -0.4 is 0 Å². The molecule has 0 fully saturated rings. The van der Waals surface area contributed by atoms with E-state index in [1.807, 2.05) is 0 Å². The quantitative estimate of drug-likeness (QED) is 0.525. The van der Waals surface area contributed by atoms with Gasteiger partial charge in [0.1, 0.15) is 0 Å². The topological polar surface area (TPSA) is 37.3 Å². The van der Waals surface area contributed by atoms with Crippen molar-refractivity contribution in [3.8, 4) is 0 Å². The molecule has 0 amide bonds. The molecule has 0 heterocycles. The molecule has 0 aromatic rings. The molecule has 0 aliphatic rings. The molecule has 0 rings (SSSR count). The molecule has 12 heavy (non-hydrogen) atoms. The van der Waals surface area contributed by atoms with Gasteiger partial charge in [-0.2, -0.15) is 0 Å². The van der Waals surface area contributed by atoms with E-state index < -0.39 is 5.97 Å². The Labute approximate surface area is 140 Å². The summed E-state index contributed by atoms with van der Waals surface area (Å²) < 4.78 is 0. The summed E-state index contributed by atoms with van der Waals surface area (Å²) in [6.45, 7) is 2.15. The van der Waals surface area contributed by atoms with Crippen LogP contribution in [-0.4, -0.2) is 92.0 Å². The summed E-state index contributed by atoms with van der Waals surface area (Å²) in [6, 6.07) is 0. The number of hydrogen-bond acceptors (Lipinski definition) is 1. The van der Waals surface area contributed by atoms with Crippen molar-refractivity contribution < 1.29 is 9.90 Å². The number of rotatable bonds is 6. The first-order chi connectivity index (χ1) is 4.77. The average molecular weight is 208 g/mol. The van der Waals surface area contributed by atoms with Gasteiger partial charge in [-0.3, -0.25) is 4.79 Å². The summed E-state index contributed by atoms with van der Waals surface area (Å²) in [5.41, 5.74) is 0. The first-order valence-electron chi connectivity index (χ1n) is 3.99. The van der Waals surface area contributed by atoms with Gasteiger partial charge in [0.25, 0.3) is 0 Å². The second-order valence-electron chi connectivity index (χ2n) is 2.56. The molecule has 4 heteroatoms. The molecule has 0 atom stereocenters. The molecule has 0 aromatic heterocycles. The number of hydrogen-bond donors (Lipinski definition) is 1. The Kier molecular flexibility index (Phi) is 25.5. The minimum atomic E-state index is -0.670. The minimum absolute atomic E-state index is 0. The molecule has 64 valence electrons. The number of carbonyl (C=O) groups is 1. The van der Waals surface area contributed by atoms with Gasteiger partial charge in [0.05, 0.1) is 0 Å². The van der Waals surface area contributed by atoms with Crippen molar-refractivity contribution in [2.45, 2.75) is 45.4 Å². The Morgan fingerprint density at radius 2 is 1.67 bits per heavy atom. The summed E-state index contributed by atoms with van der Waals surface area (Å²) in [4.78, 5) is 10.0. The van der Waals surface area contributed by atoms with E-state index in [0.717, 1.165) is 12.8 Å². The van der Waals surface area contributed by atoms with Crippen LogP contribution in [0, 0.1) is 0 Å². The van der Waals surface area contributed by atoms with Crippen LogP contribution in [0.15, 0.2) is 0 Å². The van der Waals surface area contributed by atoms with Crippen LogP contribution >= 0.6 is 0 Å². The molecule has 0 aliphatic carbocycles. The molecule has 0 aliphatic heterocycles. The van der Waals surface area contributed by atoms with E-state index in [1.54, 1.807) is 0 Å². The first-order valence-corrected chi connectivity index (χ1v) is 3.99. The Hall–Kier alpha value is 2.11. The van der Waals surface area contributed by atoms with Gasteiger partial charge in [-0.1, -0.05) is 32.6 Å². The third-order valence-corrected chi connectivity index (χ3v) is 1.49. The van der Waals surface area contributed by atoms with E-state index in [-0.39, 0.29) is 80.9 Å². The maximum absolute atomic E-state index is 10.0. The zero-order chi connectivity index (χ0) is 7.82. The Morgan fingerprint density at radius 1 is 1.17 bits per heavy atom. The van der Waals surface area contributed by atoms with Crippen molar-refractivity contribution in [2.75, 3.05) is 0 Å². The Balaban J connectivity index is -0.000000405. The van der Waals surface area contributed by atoms with Gasteiger partial charge >= 0.3 is 86.9 Å². The Bertz CT molecular complexity index is 99.1. The number of unbranched alkanes of at least 4 members (excludes halogenated alkanes) is 4. The average Bonchev–Trinajstić information content (AvgIpc) is 1.87. The number of carboxylic acid groups (broad SMARTS) is 1. The summed E-state index contributed by atoms with van der Waals surface area (Å²) in [6.07, 6.45) is 5.88. The molecule has 0 aromatic carbocycles. The van der Waals surface area contributed by atoms with E-state index in [1.165, 1.54) is 19.3 Å². The molecular formula is C8H18KNaO2. The van der Waals surface area contributed by atoms with Crippen molar-refractivity contribution in [3.05, 3.63) is 0 Å². The molecule has 0 saturated heterocycles. The SMILES string of the molecule is CCCCCCCC(=O)O.[KH].[NaH]. The van der Waals surface area contributed by atoms with Crippen molar-refractivity contribution in [3.63, 3.8) is 0 Å². The van der Waals surface area contributed by atoms with E-state index in [2.05, 4.69) is 6.92 Å². The summed E-state index contributed by atoms with van der Waals surface area (Å²) in [5, 5.41) is 8.27. The predicted molar refractivity (Wildman–Crippen MR) is 55.3 cm³/mol. The van der Waals surface area contributed by atoms with E-state index in [9.17, 15) is 4.79 Å². The fourth-order valence-corrected chi connectivity index (χ4v) is 0.880. The fraction of sp³-hybridized carbons (Fsp3) is 0.875. The monoisotopic (exact) mass is 208 g/mol. The van der Waals surface area contributed by atoms with Crippen LogP contribution in [0.3, 0.4) is 0 Å². The Morgan fingerprint density at radius 3 is 2.08 bits per heavy atom. The second kappa shape index (κ2) is 15.6. The zero-order valence-corrected chi connectivity index (χ0v) is 6.60. The molecule has 0 spiro atoms. The normalized spacial score (nSPS) is 8.08. The van der Waals surface area contributed by atoms with Crippen molar-refractivity contribution in [2.24, 2.45) is 0 Å². The third-order valence-electron chi connectivity index (χ3n) is 1.49. The first kappa shape index (κ1) is 19.6. The maximum atomic E-state index is 10.0. The second-order valence-corrected chi connectivity index (χ2v) is 2.56. The summed E-state index contributed by atoms with van der Waals surface area (Å²) in [7, 11) is 0. The van der Waals surface area contributed by atoms with Crippen LogP contribution in [0.25, 0.3) is 0 Å². The van der Waals surface area contributed by atoms with Crippen molar-refractivity contribution in [1.29, 1.82) is 0 Å². The van der Waals surface area contributed by atoms with Crippen LogP contribution in [0.2, 0.25) is 0 Å². The number of carboxylic acids is 1. The van der Waals surface area contributed by atoms with Gasteiger partial charge in [-0.05, 0) is 6.42 Å². The number of aliphatic carboxylic acids is 1. The molecule has 0 unspecified atom stereocenters. The van der Waals surface area contributed by atoms with E-state index in [0.29, 0.717) is 6.42 Å². The predicted octanol–water partition coefficient (Wildman–Crippen LogP) is 1.13. The van der Waals surface area contributed by atoms with Gasteiger partial charge in [-0.25, -0.2) is 0 Å². The molecule has 0 saturated carbocycles. The van der Waals surface area contributed by atoms with Crippen molar-refractivity contribution in [1.82, 2.24) is 0 Å². The summed E-state index contributed by atoms with van der Waals surface area (Å²) >= 11 is 0. The molecule has 0 bridgehead atoms. The molecule has 0 radical (unpaired) electrons. The van der Waals surface area contributed by atoms with Crippen molar-refractivity contribution >= 4 is 86.9 Å². The third kappa shape index (κ3) is 18.0. The van der Waals surface area contributed by atoms with Gasteiger partial charge < -0.3 is 5.11 Å². The molecular weight excluding hydrogens is 190 g/mol.